The molecule has 2 heterocycles. The third-order valence-electron chi connectivity index (χ3n) is 5.60. The highest BCUT2D eigenvalue weighted by Gasteiger charge is 2.37. The van der Waals surface area contributed by atoms with Crippen LogP contribution in [0.4, 0.5) is 26.3 Å². The number of piperidine rings is 1. The lowest BCUT2D eigenvalue weighted by atomic mass is 9.90. The molecule has 0 spiro atoms. The number of para-hydroxylation sites is 1. The third-order valence-corrected chi connectivity index (χ3v) is 5.60. The topological polar surface area (TPSA) is 17.0 Å². The van der Waals surface area contributed by atoms with Crippen molar-refractivity contribution in [2.75, 3.05) is 13.1 Å². The summed E-state index contributed by atoms with van der Waals surface area (Å²) in [5, 5.41) is 4.29. The summed E-state index contributed by atoms with van der Waals surface area (Å²) in [4.78, 5) is 0. The molecule has 1 N–H and O–H groups in total. The second-order valence-electron chi connectivity index (χ2n) is 7.67. The van der Waals surface area contributed by atoms with Crippen molar-refractivity contribution in [1.29, 1.82) is 0 Å². The monoisotopic (exact) mass is 462 g/mol. The minimum atomic E-state index is -4.85. The van der Waals surface area contributed by atoms with Gasteiger partial charge in [0.1, 0.15) is 0 Å². The summed E-state index contributed by atoms with van der Waals surface area (Å²) < 4.78 is 80.9. The summed E-state index contributed by atoms with van der Waals surface area (Å²) in [6, 6.07) is 9.27. The van der Waals surface area contributed by atoms with E-state index >= 15 is 0 Å². The highest BCUT2D eigenvalue weighted by molar-refractivity contribution is 5.85. The lowest BCUT2D eigenvalue weighted by Crippen LogP contribution is -2.26. The van der Waals surface area contributed by atoms with Crippen LogP contribution in [0.2, 0.25) is 0 Å². The van der Waals surface area contributed by atoms with Gasteiger partial charge in [0.15, 0.2) is 0 Å². The number of hydrogen-bond acceptors (Lipinski definition) is 1. The summed E-state index contributed by atoms with van der Waals surface area (Å²) in [6.07, 6.45) is -5.94. The van der Waals surface area contributed by atoms with Crippen molar-refractivity contribution in [3.63, 3.8) is 0 Å². The number of hydrogen-bond donors (Lipinski definition) is 1. The van der Waals surface area contributed by atoms with Crippen LogP contribution in [-0.2, 0) is 18.9 Å². The lowest BCUT2D eigenvalue weighted by Gasteiger charge is -2.22. The van der Waals surface area contributed by atoms with Crippen molar-refractivity contribution in [3.05, 3.63) is 70.9 Å². The van der Waals surface area contributed by atoms with E-state index in [0.29, 0.717) is 5.92 Å². The fourth-order valence-electron chi connectivity index (χ4n) is 4.17. The zero-order valence-electron chi connectivity index (χ0n) is 16.4. The zero-order valence-corrected chi connectivity index (χ0v) is 17.2. The Morgan fingerprint density at radius 1 is 0.871 bits per heavy atom. The molecular weight excluding hydrogens is 442 g/mol. The van der Waals surface area contributed by atoms with Gasteiger partial charge in [-0.15, -0.1) is 12.4 Å². The molecule has 2 aromatic carbocycles. The fourth-order valence-corrected chi connectivity index (χ4v) is 4.17. The molecule has 1 aliphatic rings. The molecule has 168 valence electrons. The molecule has 0 amide bonds. The maximum atomic E-state index is 13.2. The Bertz CT molecular complexity index is 1020. The second-order valence-corrected chi connectivity index (χ2v) is 7.67. The van der Waals surface area contributed by atoms with Gasteiger partial charge in [0.25, 0.3) is 0 Å². The highest BCUT2D eigenvalue weighted by Crippen LogP contribution is 2.37. The maximum absolute atomic E-state index is 13.2. The van der Waals surface area contributed by atoms with Crippen LogP contribution >= 0.6 is 12.4 Å². The predicted molar refractivity (Wildman–Crippen MR) is 110 cm³/mol. The molecule has 1 aliphatic heterocycles. The Balaban J connectivity index is 0.00000272. The Hall–Kier alpha value is -2.19. The SMILES string of the molecule is Cl.FC(F)(F)c1cc(Cn2cc(C3CCNCC3)c3ccccc32)cc(C(F)(F)F)c1. The number of nitrogens with zero attached hydrogens (tertiary/aromatic N) is 1. The van der Waals surface area contributed by atoms with Gasteiger partial charge in [-0.05, 0) is 67.2 Å². The normalized spacial score (nSPS) is 15.8. The van der Waals surface area contributed by atoms with Crippen LogP contribution in [0.1, 0.15) is 41.0 Å². The van der Waals surface area contributed by atoms with Crippen LogP contribution < -0.4 is 5.32 Å². The minimum Gasteiger partial charge on any atom is -0.343 e. The predicted octanol–water partition coefficient (Wildman–Crippen LogP) is 6.62. The maximum Gasteiger partial charge on any atom is 0.416 e. The van der Waals surface area contributed by atoms with Crippen molar-refractivity contribution >= 4 is 23.3 Å². The van der Waals surface area contributed by atoms with Gasteiger partial charge in [0, 0.05) is 23.6 Å². The van der Waals surface area contributed by atoms with Gasteiger partial charge >= 0.3 is 12.4 Å². The largest absolute Gasteiger partial charge is 0.416 e. The summed E-state index contributed by atoms with van der Waals surface area (Å²) in [6.45, 7) is 1.69. The summed E-state index contributed by atoms with van der Waals surface area (Å²) in [7, 11) is 0. The summed E-state index contributed by atoms with van der Waals surface area (Å²) in [5.41, 5.74) is -0.716. The van der Waals surface area contributed by atoms with Crippen LogP contribution in [0.3, 0.4) is 0 Å². The van der Waals surface area contributed by atoms with Crippen molar-refractivity contribution in [2.45, 2.75) is 37.7 Å². The van der Waals surface area contributed by atoms with Crippen molar-refractivity contribution in [2.24, 2.45) is 0 Å². The molecule has 0 radical (unpaired) electrons. The van der Waals surface area contributed by atoms with Gasteiger partial charge in [0.2, 0.25) is 0 Å². The Labute approximate surface area is 181 Å². The van der Waals surface area contributed by atoms with Gasteiger partial charge in [-0.25, -0.2) is 0 Å². The molecule has 0 unspecified atom stereocenters. The number of fused-ring (bicyclic) bond motifs is 1. The van der Waals surface area contributed by atoms with E-state index in [1.54, 1.807) is 4.57 Å². The molecule has 1 aromatic heterocycles. The van der Waals surface area contributed by atoms with E-state index in [-0.39, 0.29) is 30.6 Å². The molecule has 1 saturated heterocycles. The smallest absolute Gasteiger partial charge is 0.343 e. The molecule has 0 atom stereocenters. The average molecular weight is 463 g/mol. The average Bonchev–Trinajstić information content (AvgIpc) is 3.06. The molecule has 0 bridgehead atoms. The number of aromatic nitrogens is 1. The molecule has 1 fully saturated rings. The van der Waals surface area contributed by atoms with Gasteiger partial charge in [-0.3, -0.25) is 0 Å². The molecule has 4 rings (SSSR count). The first-order valence-electron chi connectivity index (χ1n) is 9.70. The Kier molecular flexibility index (Phi) is 6.62. The second kappa shape index (κ2) is 8.74. The van der Waals surface area contributed by atoms with E-state index in [9.17, 15) is 26.3 Å². The van der Waals surface area contributed by atoms with Crippen LogP contribution in [0, 0.1) is 0 Å². The fraction of sp³-hybridized carbons (Fsp3) is 0.364. The molecule has 0 saturated carbocycles. The van der Waals surface area contributed by atoms with E-state index < -0.39 is 23.5 Å². The first-order valence-corrected chi connectivity index (χ1v) is 9.70. The summed E-state index contributed by atoms with van der Waals surface area (Å²) in [5.74, 6) is 0.310. The number of benzene rings is 2. The quantitative estimate of drug-likeness (QED) is 0.433. The molecular formula is C22H21ClF6N2. The number of rotatable bonds is 3. The van der Waals surface area contributed by atoms with Crippen LogP contribution in [0.5, 0.6) is 0 Å². The minimum absolute atomic E-state index is 0. The number of halogens is 7. The first-order chi connectivity index (χ1) is 14.1. The standard InChI is InChI=1S/C22H20F6N2.ClH/c23-21(24,25)16-9-14(10-17(11-16)22(26,27)28)12-30-13-19(15-5-7-29-8-6-15)18-3-1-2-4-20(18)30;/h1-4,9-11,13,15,29H,5-8,12H2;1H. The number of nitrogens with one attached hydrogen (secondary N) is 1. The third kappa shape index (κ3) is 5.01. The Morgan fingerprint density at radius 3 is 2.03 bits per heavy atom. The summed E-state index contributed by atoms with van der Waals surface area (Å²) >= 11 is 0. The number of alkyl halides is 6. The van der Waals surface area contributed by atoms with Crippen molar-refractivity contribution < 1.29 is 26.3 Å². The molecule has 2 nitrogen and oxygen atoms in total. The zero-order chi connectivity index (χ0) is 21.5. The van der Waals surface area contributed by atoms with E-state index in [1.165, 1.54) is 0 Å². The van der Waals surface area contributed by atoms with E-state index in [0.717, 1.165) is 54.5 Å². The first kappa shape index (κ1) is 23.5. The van der Waals surface area contributed by atoms with Crippen LogP contribution in [-0.4, -0.2) is 17.7 Å². The van der Waals surface area contributed by atoms with Crippen molar-refractivity contribution in [3.8, 4) is 0 Å². The highest BCUT2D eigenvalue weighted by atomic mass is 35.5. The van der Waals surface area contributed by atoms with Gasteiger partial charge in [-0.1, -0.05) is 18.2 Å². The molecule has 31 heavy (non-hydrogen) atoms. The van der Waals surface area contributed by atoms with E-state index in [4.69, 9.17) is 0 Å². The van der Waals surface area contributed by atoms with Crippen LogP contribution in [0.15, 0.2) is 48.7 Å². The van der Waals surface area contributed by atoms with E-state index in [2.05, 4.69) is 5.32 Å². The van der Waals surface area contributed by atoms with Gasteiger partial charge in [-0.2, -0.15) is 26.3 Å². The van der Waals surface area contributed by atoms with Crippen molar-refractivity contribution in [1.82, 2.24) is 9.88 Å². The van der Waals surface area contributed by atoms with Gasteiger partial charge in [0.05, 0.1) is 11.1 Å². The van der Waals surface area contributed by atoms with E-state index in [1.807, 2.05) is 30.5 Å². The molecule has 9 heteroatoms. The van der Waals surface area contributed by atoms with Crippen LogP contribution in [0.25, 0.3) is 10.9 Å². The van der Waals surface area contributed by atoms with Gasteiger partial charge < -0.3 is 9.88 Å². The molecule has 3 aromatic rings. The Morgan fingerprint density at radius 2 is 1.45 bits per heavy atom. The molecule has 0 aliphatic carbocycles. The lowest BCUT2D eigenvalue weighted by molar-refractivity contribution is -0.143.